The molecule has 0 radical (unpaired) electrons. The maximum Gasteiger partial charge on any atom is 0.360 e. The number of primary amides is 1. The Morgan fingerprint density at radius 3 is 2.35 bits per heavy atom. The van der Waals surface area contributed by atoms with E-state index in [1.54, 1.807) is 0 Å². The SMILES string of the molecule is COC(=O)c1nnn(C(C)C(=O)NC(N)=O)c1C(C)C. The van der Waals surface area contributed by atoms with Crippen molar-refractivity contribution in [1.29, 1.82) is 0 Å². The number of methoxy groups -OCH3 is 1. The third kappa shape index (κ3) is 3.11. The quantitative estimate of drug-likeness (QED) is 0.745. The number of carbonyl (C=O) groups excluding carboxylic acids is 3. The van der Waals surface area contributed by atoms with E-state index in [1.165, 1.54) is 18.7 Å². The highest BCUT2D eigenvalue weighted by atomic mass is 16.5. The van der Waals surface area contributed by atoms with Crippen LogP contribution < -0.4 is 11.1 Å². The lowest BCUT2D eigenvalue weighted by molar-refractivity contribution is -0.123. The summed E-state index contributed by atoms with van der Waals surface area (Å²) in [7, 11) is 1.23. The first-order chi connectivity index (χ1) is 9.29. The number of ether oxygens (including phenoxy) is 1. The van der Waals surface area contributed by atoms with Crippen LogP contribution >= 0.6 is 0 Å². The van der Waals surface area contributed by atoms with Gasteiger partial charge in [0.2, 0.25) is 0 Å². The first-order valence-electron chi connectivity index (χ1n) is 5.93. The number of urea groups is 1. The summed E-state index contributed by atoms with van der Waals surface area (Å²) in [6.07, 6.45) is 0. The molecule has 3 N–H and O–H groups in total. The van der Waals surface area contributed by atoms with Crippen molar-refractivity contribution in [2.75, 3.05) is 7.11 Å². The third-order valence-corrected chi connectivity index (χ3v) is 2.65. The lowest BCUT2D eigenvalue weighted by atomic mass is 10.1. The van der Waals surface area contributed by atoms with Gasteiger partial charge >= 0.3 is 12.0 Å². The molecule has 0 fully saturated rings. The normalized spacial score (nSPS) is 12.1. The van der Waals surface area contributed by atoms with Gasteiger partial charge in [0.1, 0.15) is 6.04 Å². The number of nitrogens with one attached hydrogen (secondary N) is 1. The van der Waals surface area contributed by atoms with Crippen LogP contribution in [-0.2, 0) is 9.53 Å². The number of carbonyl (C=O) groups is 3. The highest BCUT2D eigenvalue weighted by Gasteiger charge is 2.28. The van der Waals surface area contributed by atoms with Gasteiger partial charge in [-0.25, -0.2) is 14.3 Å². The lowest BCUT2D eigenvalue weighted by Gasteiger charge is -2.15. The minimum absolute atomic E-state index is 0.0428. The van der Waals surface area contributed by atoms with Crippen LogP contribution in [0.3, 0.4) is 0 Å². The van der Waals surface area contributed by atoms with Gasteiger partial charge in [-0.05, 0) is 12.8 Å². The van der Waals surface area contributed by atoms with Crippen molar-refractivity contribution in [3.05, 3.63) is 11.4 Å². The average Bonchev–Trinajstić information content (AvgIpc) is 2.80. The zero-order chi connectivity index (χ0) is 15.4. The van der Waals surface area contributed by atoms with Crippen molar-refractivity contribution in [2.45, 2.75) is 32.7 Å². The maximum atomic E-state index is 11.8. The van der Waals surface area contributed by atoms with Crippen molar-refractivity contribution in [3.8, 4) is 0 Å². The summed E-state index contributed by atoms with van der Waals surface area (Å²) >= 11 is 0. The van der Waals surface area contributed by atoms with E-state index in [2.05, 4.69) is 15.0 Å². The fraction of sp³-hybridized carbons (Fsp3) is 0.545. The number of hydrogen-bond acceptors (Lipinski definition) is 6. The number of aromatic nitrogens is 3. The summed E-state index contributed by atoms with van der Waals surface area (Å²) < 4.78 is 5.89. The van der Waals surface area contributed by atoms with Gasteiger partial charge in [0.05, 0.1) is 12.8 Å². The Labute approximate surface area is 115 Å². The smallest absolute Gasteiger partial charge is 0.360 e. The molecule has 9 heteroatoms. The Bertz CT molecular complexity index is 537. The van der Waals surface area contributed by atoms with Crippen LogP contribution in [0, 0.1) is 0 Å². The zero-order valence-corrected chi connectivity index (χ0v) is 11.7. The van der Waals surface area contributed by atoms with Gasteiger partial charge in [0.25, 0.3) is 5.91 Å². The molecule has 1 atom stereocenters. The van der Waals surface area contributed by atoms with Gasteiger partial charge in [-0.15, -0.1) is 5.10 Å². The van der Waals surface area contributed by atoms with E-state index in [-0.39, 0.29) is 11.6 Å². The fourth-order valence-corrected chi connectivity index (χ4v) is 1.70. The van der Waals surface area contributed by atoms with Crippen LogP contribution in [0.5, 0.6) is 0 Å². The van der Waals surface area contributed by atoms with Gasteiger partial charge in [-0.3, -0.25) is 10.1 Å². The number of imide groups is 1. The van der Waals surface area contributed by atoms with E-state index in [4.69, 9.17) is 5.73 Å². The maximum absolute atomic E-state index is 11.8. The van der Waals surface area contributed by atoms with E-state index in [0.29, 0.717) is 5.69 Å². The number of amides is 3. The molecule has 1 aromatic heterocycles. The largest absolute Gasteiger partial charge is 0.464 e. The number of hydrogen-bond donors (Lipinski definition) is 2. The molecule has 0 aliphatic carbocycles. The second kappa shape index (κ2) is 6.13. The molecule has 1 unspecified atom stereocenters. The van der Waals surface area contributed by atoms with Crippen molar-refractivity contribution in [1.82, 2.24) is 20.3 Å². The Balaban J connectivity index is 3.18. The van der Waals surface area contributed by atoms with Crippen LogP contribution in [0.15, 0.2) is 0 Å². The lowest BCUT2D eigenvalue weighted by Crippen LogP contribution is -2.39. The molecular formula is C11H17N5O4. The molecule has 1 heterocycles. The highest BCUT2D eigenvalue weighted by Crippen LogP contribution is 2.21. The molecular weight excluding hydrogens is 266 g/mol. The molecule has 1 rings (SSSR count). The van der Waals surface area contributed by atoms with E-state index in [9.17, 15) is 14.4 Å². The molecule has 0 aliphatic rings. The molecule has 20 heavy (non-hydrogen) atoms. The Morgan fingerprint density at radius 2 is 1.90 bits per heavy atom. The minimum Gasteiger partial charge on any atom is -0.464 e. The van der Waals surface area contributed by atoms with Crippen LogP contribution in [0.1, 0.15) is 48.9 Å². The zero-order valence-electron chi connectivity index (χ0n) is 11.7. The van der Waals surface area contributed by atoms with Gasteiger partial charge in [0.15, 0.2) is 5.69 Å². The summed E-state index contributed by atoms with van der Waals surface area (Å²) in [5.41, 5.74) is 5.38. The Hall–Kier alpha value is -2.45. The first-order valence-corrected chi connectivity index (χ1v) is 5.93. The molecule has 0 spiro atoms. The number of nitrogens with zero attached hydrogens (tertiary/aromatic N) is 3. The third-order valence-electron chi connectivity index (χ3n) is 2.65. The van der Waals surface area contributed by atoms with Gasteiger partial charge < -0.3 is 10.5 Å². The second-order valence-electron chi connectivity index (χ2n) is 4.44. The molecule has 0 aliphatic heterocycles. The predicted molar refractivity (Wildman–Crippen MR) is 67.9 cm³/mol. The average molecular weight is 283 g/mol. The van der Waals surface area contributed by atoms with Crippen molar-refractivity contribution in [3.63, 3.8) is 0 Å². The van der Waals surface area contributed by atoms with Crippen molar-refractivity contribution >= 4 is 17.9 Å². The topological polar surface area (TPSA) is 129 Å². The van der Waals surface area contributed by atoms with Gasteiger partial charge in [0, 0.05) is 0 Å². The van der Waals surface area contributed by atoms with Crippen LogP contribution in [-0.4, -0.2) is 40.0 Å². The van der Waals surface area contributed by atoms with Crippen LogP contribution in [0.2, 0.25) is 0 Å². The van der Waals surface area contributed by atoms with Gasteiger partial charge in [-0.1, -0.05) is 19.1 Å². The standard InChI is InChI=1S/C11H17N5O4/c1-5(2)8-7(10(18)20-4)14-15-16(8)6(3)9(17)13-11(12)19/h5-6H,1-4H3,(H3,12,13,17,19). The van der Waals surface area contributed by atoms with E-state index < -0.39 is 23.9 Å². The molecule has 0 bridgehead atoms. The molecule has 110 valence electrons. The highest BCUT2D eigenvalue weighted by molar-refractivity contribution is 5.95. The number of rotatable bonds is 4. The molecule has 0 saturated heterocycles. The molecule has 1 aromatic rings. The first kappa shape index (κ1) is 15.6. The molecule has 9 nitrogen and oxygen atoms in total. The fourth-order valence-electron chi connectivity index (χ4n) is 1.70. The van der Waals surface area contributed by atoms with Crippen LogP contribution in [0.4, 0.5) is 4.79 Å². The van der Waals surface area contributed by atoms with E-state index in [1.807, 2.05) is 19.2 Å². The second-order valence-corrected chi connectivity index (χ2v) is 4.44. The molecule has 3 amide bonds. The Morgan fingerprint density at radius 1 is 1.30 bits per heavy atom. The summed E-state index contributed by atoms with van der Waals surface area (Å²) in [6.45, 7) is 5.15. The van der Waals surface area contributed by atoms with Crippen molar-refractivity contribution < 1.29 is 19.1 Å². The summed E-state index contributed by atoms with van der Waals surface area (Å²) in [4.78, 5) is 34.1. The van der Waals surface area contributed by atoms with E-state index in [0.717, 1.165) is 0 Å². The molecule has 0 aromatic carbocycles. The van der Waals surface area contributed by atoms with Crippen LogP contribution in [0.25, 0.3) is 0 Å². The summed E-state index contributed by atoms with van der Waals surface area (Å²) in [5.74, 6) is -1.40. The summed E-state index contributed by atoms with van der Waals surface area (Å²) in [6, 6.07) is -1.80. The number of nitrogens with two attached hydrogens (primary N) is 1. The monoisotopic (exact) mass is 283 g/mol. The van der Waals surface area contributed by atoms with E-state index >= 15 is 0 Å². The van der Waals surface area contributed by atoms with Gasteiger partial charge in [-0.2, -0.15) is 0 Å². The van der Waals surface area contributed by atoms with Crippen molar-refractivity contribution in [2.24, 2.45) is 5.73 Å². The minimum atomic E-state index is -0.957. The number of esters is 1. The predicted octanol–water partition coefficient (Wildman–Crippen LogP) is -0.0560. The Kier molecular flexibility index (Phi) is 4.78. The summed E-state index contributed by atoms with van der Waals surface area (Å²) in [5, 5.41) is 9.48. The molecule has 0 saturated carbocycles.